The second-order valence-corrected chi connectivity index (χ2v) is 4.23. The molecule has 0 aromatic heterocycles. The first-order valence-electron chi connectivity index (χ1n) is 4.41. The van der Waals surface area contributed by atoms with Crippen LogP contribution in [0.4, 0.5) is 0 Å². The van der Waals surface area contributed by atoms with Crippen LogP contribution < -0.4 is 0 Å². The maximum absolute atomic E-state index is 2.31. The second kappa shape index (κ2) is 3.84. The first kappa shape index (κ1) is 8.64. The molecule has 66 valence electrons. The van der Waals surface area contributed by atoms with Gasteiger partial charge in [0.2, 0.25) is 0 Å². The molecule has 1 heterocycles. The highest BCUT2D eigenvalue weighted by atomic mass is 32.2. The van der Waals surface area contributed by atoms with E-state index in [-0.39, 0.29) is 0 Å². The summed E-state index contributed by atoms with van der Waals surface area (Å²) >= 11 is 1.86. The normalized spacial score (nSPS) is 21.3. The Morgan fingerprint density at radius 2 is 1.92 bits per heavy atom. The molecule has 0 aliphatic carbocycles. The lowest BCUT2D eigenvalue weighted by molar-refractivity contribution is 1.20. The molecule has 1 aromatic carbocycles. The summed E-state index contributed by atoms with van der Waals surface area (Å²) in [6.45, 7) is 2.14. The lowest BCUT2D eigenvalue weighted by atomic mass is 10.1. The van der Waals surface area contributed by atoms with Gasteiger partial charge in [0.05, 0.1) is 5.25 Å². The highest BCUT2D eigenvalue weighted by Crippen LogP contribution is 2.35. The Bertz CT molecular complexity index is 335. The van der Waals surface area contributed by atoms with Crippen molar-refractivity contribution < 1.29 is 0 Å². The van der Waals surface area contributed by atoms with Crippen LogP contribution in [-0.4, -0.2) is 0 Å². The monoisotopic (exact) mass is 188 g/mol. The van der Waals surface area contributed by atoms with Gasteiger partial charge in [0.25, 0.3) is 0 Å². The van der Waals surface area contributed by atoms with E-state index in [1.54, 1.807) is 0 Å². The van der Waals surface area contributed by atoms with Crippen LogP contribution in [0.1, 0.15) is 17.7 Å². The van der Waals surface area contributed by atoms with Crippen molar-refractivity contribution in [3.63, 3.8) is 0 Å². The van der Waals surface area contributed by atoms with Crippen molar-refractivity contribution in [2.24, 2.45) is 0 Å². The molecule has 2 rings (SSSR count). The van der Waals surface area contributed by atoms with Crippen LogP contribution in [0, 0.1) is 0 Å². The average Bonchev–Trinajstić information content (AvgIpc) is 2.19. The van der Waals surface area contributed by atoms with E-state index in [2.05, 4.69) is 54.8 Å². The van der Waals surface area contributed by atoms with Crippen molar-refractivity contribution in [2.45, 2.75) is 12.2 Å². The van der Waals surface area contributed by atoms with Crippen molar-refractivity contribution >= 4 is 11.8 Å². The predicted octanol–water partition coefficient (Wildman–Crippen LogP) is 3.93. The fourth-order valence-corrected chi connectivity index (χ4v) is 2.45. The van der Waals surface area contributed by atoms with Gasteiger partial charge in [-0.2, -0.15) is 0 Å². The van der Waals surface area contributed by atoms with Crippen molar-refractivity contribution in [3.05, 3.63) is 59.0 Å². The Balaban J connectivity index is 2.24. The number of benzene rings is 1. The molecule has 1 heteroatoms. The van der Waals surface area contributed by atoms with Crippen molar-refractivity contribution in [3.8, 4) is 0 Å². The van der Waals surface area contributed by atoms with Crippen LogP contribution >= 0.6 is 11.8 Å². The van der Waals surface area contributed by atoms with Crippen LogP contribution in [0.3, 0.4) is 0 Å². The van der Waals surface area contributed by atoms with E-state index in [0.717, 1.165) is 0 Å². The van der Waals surface area contributed by atoms with Crippen molar-refractivity contribution in [1.82, 2.24) is 0 Å². The van der Waals surface area contributed by atoms with Gasteiger partial charge in [0.15, 0.2) is 0 Å². The number of allylic oxidation sites excluding steroid dienone is 2. The van der Waals surface area contributed by atoms with Gasteiger partial charge in [-0.25, -0.2) is 0 Å². The molecule has 0 nitrogen and oxygen atoms in total. The molecule has 1 atom stereocenters. The Kier molecular flexibility index (Phi) is 2.55. The van der Waals surface area contributed by atoms with Gasteiger partial charge in [-0.3, -0.25) is 0 Å². The summed E-state index contributed by atoms with van der Waals surface area (Å²) < 4.78 is 0. The van der Waals surface area contributed by atoms with Crippen molar-refractivity contribution in [2.75, 3.05) is 0 Å². The smallest absolute Gasteiger partial charge is 0.0524 e. The summed E-state index contributed by atoms with van der Waals surface area (Å²) in [5.74, 6) is 0. The number of hydrogen-bond donors (Lipinski definition) is 0. The Morgan fingerprint density at radius 3 is 2.62 bits per heavy atom. The first-order valence-corrected chi connectivity index (χ1v) is 5.36. The number of rotatable bonds is 1. The van der Waals surface area contributed by atoms with Crippen LogP contribution in [0.5, 0.6) is 0 Å². The minimum atomic E-state index is 0.506. The second-order valence-electron chi connectivity index (χ2n) is 3.18. The molecule has 0 radical (unpaired) electrons. The summed E-state index contributed by atoms with van der Waals surface area (Å²) in [4.78, 5) is 0. The van der Waals surface area contributed by atoms with E-state index in [1.807, 2.05) is 11.8 Å². The largest absolute Gasteiger partial charge is 0.122 e. The molecule has 0 saturated heterocycles. The van der Waals surface area contributed by atoms with Gasteiger partial charge in [0.1, 0.15) is 0 Å². The summed E-state index contributed by atoms with van der Waals surface area (Å²) in [5.41, 5.74) is 2.74. The third kappa shape index (κ3) is 2.04. The molecule has 0 N–H and O–H groups in total. The van der Waals surface area contributed by atoms with Gasteiger partial charge < -0.3 is 0 Å². The number of hydrogen-bond acceptors (Lipinski definition) is 1. The molecular formula is C12H12S. The van der Waals surface area contributed by atoms with Gasteiger partial charge in [-0.05, 0) is 17.9 Å². The molecule has 0 amide bonds. The van der Waals surface area contributed by atoms with Crippen molar-refractivity contribution in [1.29, 1.82) is 0 Å². The predicted molar refractivity (Wildman–Crippen MR) is 59.7 cm³/mol. The highest BCUT2D eigenvalue weighted by molar-refractivity contribution is 8.02. The van der Waals surface area contributed by atoms with Gasteiger partial charge >= 0.3 is 0 Å². The quantitative estimate of drug-likeness (QED) is 0.643. The molecular weight excluding hydrogens is 176 g/mol. The van der Waals surface area contributed by atoms with Crippen LogP contribution in [0.25, 0.3) is 0 Å². The van der Waals surface area contributed by atoms with E-state index in [9.17, 15) is 0 Å². The van der Waals surface area contributed by atoms with Gasteiger partial charge in [-0.15, -0.1) is 11.8 Å². The van der Waals surface area contributed by atoms with Crippen LogP contribution in [0.2, 0.25) is 0 Å². The van der Waals surface area contributed by atoms with E-state index in [4.69, 9.17) is 0 Å². The minimum absolute atomic E-state index is 0.506. The molecule has 13 heavy (non-hydrogen) atoms. The molecule has 1 unspecified atom stereocenters. The van der Waals surface area contributed by atoms with Crippen LogP contribution in [0.15, 0.2) is 53.5 Å². The molecule has 0 fully saturated rings. The van der Waals surface area contributed by atoms with Gasteiger partial charge in [0, 0.05) is 0 Å². The Hall–Kier alpha value is -0.950. The van der Waals surface area contributed by atoms with E-state index >= 15 is 0 Å². The zero-order valence-corrected chi connectivity index (χ0v) is 8.42. The summed E-state index contributed by atoms with van der Waals surface area (Å²) in [6, 6.07) is 10.6. The topological polar surface area (TPSA) is 0 Å². The van der Waals surface area contributed by atoms with E-state index in [1.165, 1.54) is 11.1 Å². The lowest BCUT2D eigenvalue weighted by Crippen LogP contribution is -1.92. The SMILES string of the molecule is CC1=CC(c2ccccc2)SC=C1. The fraction of sp³-hybridized carbons (Fsp3) is 0.167. The molecule has 1 aromatic rings. The zero-order valence-electron chi connectivity index (χ0n) is 7.60. The fourth-order valence-electron chi connectivity index (χ4n) is 1.38. The summed E-state index contributed by atoms with van der Waals surface area (Å²) in [6.07, 6.45) is 4.46. The van der Waals surface area contributed by atoms with E-state index < -0.39 is 0 Å². The maximum Gasteiger partial charge on any atom is 0.0524 e. The third-order valence-corrected chi connectivity index (χ3v) is 3.09. The molecule has 1 aliphatic heterocycles. The average molecular weight is 188 g/mol. The molecule has 0 bridgehead atoms. The van der Waals surface area contributed by atoms with E-state index in [0.29, 0.717) is 5.25 Å². The first-order chi connectivity index (χ1) is 6.36. The van der Waals surface area contributed by atoms with Crippen LogP contribution in [-0.2, 0) is 0 Å². The van der Waals surface area contributed by atoms with Gasteiger partial charge in [-0.1, -0.05) is 48.1 Å². The summed E-state index contributed by atoms with van der Waals surface area (Å²) in [5, 5.41) is 2.68. The third-order valence-electron chi connectivity index (χ3n) is 2.10. The molecule has 0 spiro atoms. The molecule has 0 saturated carbocycles. The summed E-state index contributed by atoms with van der Waals surface area (Å²) in [7, 11) is 0. The Morgan fingerprint density at radius 1 is 1.15 bits per heavy atom. The minimum Gasteiger partial charge on any atom is -0.122 e. The lowest BCUT2D eigenvalue weighted by Gasteiger charge is -2.14. The standard InChI is InChI=1S/C12H12S/c1-10-7-8-13-12(9-10)11-5-3-2-4-6-11/h2-9,12H,1H3. The molecule has 1 aliphatic rings. The maximum atomic E-state index is 2.31. The zero-order chi connectivity index (χ0) is 9.10. The number of thioether (sulfide) groups is 1. The Labute approximate surface area is 83.4 Å². The highest BCUT2D eigenvalue weighted by Gasteiger charge is 2.09.